The zero-order valence-corrected chi connectivity index (χ0v) is 20.1. The van der Waals surface area contributed by atoms with Gasteiger partial charge in [0.05, 0.1) is 13.2 Å². The van der Waals surface area contributed by atoms with Crippen molar-refractivity contribution in [3.63, 3.8) is 0 Å². The molecular formula is C18H30N4O8S2. The lowest BCUT2D eigenvalue weighted by molar-refractivity contribution is -0.144. The Hall–Kier alpha value is -2.48. The fourth-order valence-electron chi connectivity index (χ4n) is 2.08. The number of hydrogen-bond donors (Lipinski definition) is 4. The van der Waals surface area contributed by atoms with Gasteiger partial charge in [-0.1, -0.05) is 21.6 Å². The monoisotopic (exact) mass is 494 g/mol. The van der Waals surface area contributed by atoms with Crippen molar-refractivity contribution in [2.45, 2.75) is 39.8 Å². The van der Waals surface area contributed by atoms with Crippen LogP contribution in [0.1, 0.15) is 27.7 Å². The summed E-state index contributed by atoms with van der Waals surface area (Å²) in [5.74, 6) is -2.92. The molecule has 0 radical (unpaired) electrons. The van der Waals surface area contributed by atoms with Crippen LogP contribution in [0.2, 0.25) is 0 Å². The highest BCUT2D eigenvalue weighted by atomic mass is 33.1. The predicted molar refractivity (Wildman–Crippen MR) is 119 cm³/mol. The summed E-state index contributed by atoms with van der Waals surface area (Å²) in [4.78, 5) is 70.0. The Kier molecular flexibility index (Phi) is 15.8. The number of ether oxygens (including phenoxy) is 2. The lowest BCUT2D eigenvalue weighted by atomic mass is 10.3. The molecule has 32 heavy (non-hydrogen) atoms. The van der Waals surface area contributed by atoms with Crippen LogP contribution in [-0.4, -0.2) is 85.5 Å². The number of nitrogens with one attached hydrogen (secondary N) is 4. The fraction of sp³-hybridized carbons (Fsp3) is 0.667. The quantitative estimate of drug-likeness (QED) is 0.122. The first-order chi connectivity index (χ1) is 15.1. The molecule has 4 amide bonds. The Morgan fingerprint density at radius 3 is 1.31 bits per heavy atom. The molecule has 0 aromatic rings. The zero-order chi connectivity index (χ0) is 24.5. The molecular weight excluding hydrogens is 464 g/mol. The van der Waals surface area contributed by atoms with Crippen LogP contribution >= 0.6 is 21.6 Å². The van der Waals surface area contributed by atoms with E-state index in [9.17, 15) is 28.8 Å². The predicted octanol–water partition coefficient (Wildman–Crippen LogP) is -1.26. The van der Waals surface area contributed by atoms with Crippen molar-refractivity contribution in [3.05, 3.63) is 0 Å². The molecule has 0 rings (SSSR count). The summed E-state index contributed by atoms with van der Waals surface area (Å²) in [5.41, 5.74) is 0. The third-order valence-electron chi connectivity index (χ3n) is 3.37. The third kappa shape index (κ3) is 14.5. The standard InChI is InChI=1S/C18H30N4O8S2/c1-5-29-15(25)7-19-17(27)13(21-11(3)23)9-31-32-10-14(22-12(4)24)18(28)20-8-16(26)30-6-2/h13-14H,5-10H2,1-4H3,(H,19,27)(H,20,28)(H,21,23)(H,22,24)/t13-,14-/m0/s1. The highest BCUT2D eigenvalue weighted by molar-refractivity contribution is 8.76. The maximum atomic E-state index is 12.3. The van der Waals surface area contributed by atoms with E-state index in [0.717, 1.165) is 0 Å². The van der Waals surface area contributed by atoms with Crippen molar-refractivity contribution in [1.82, 2.24) is 21.3 Å². The average Bonchev–Trinajstić information content (AvgIpc) is 2.71. The van der Waals surface area contributed by atoms with Crippen LogP contribution < -0.4 is 21.3 Å². The zero-order valence-electron chi connectivity index (χ0n) is 18.5. The van der Waals surface area contributed by atoms with Crippen molar-refractivity contribution in [2.24, 2.45) is 0 Å². The van der Waals surface area contributed by atoms with Crippen molar-refractivity contribution in [3.8, 4) is 0 Å². The lowest BCUT2D eigenvalue weighted by Gasteiger charge is -2.19. The van der Waals surface area contributed by atoms with Crippen LogP contribution in [0.3, 0.4) is 0 Å². The number of esters is 2. The molecule has 0 spiro atoms. The molecule has 182 valence electrons. The molecule has 12 nitrogen and oxygen atoms in total. The summed E-state index contributed by atoms with van der Waals surface area (Å²) in [6, 6.07) is -1.84. The molecule has 4 N–H and O–H groups in total. The number of carbonyl (C=O) groups is 6. The molecule has 0 bridgehead atoms. The highest BCUT2D eigenvalue weighted by Gasteiger charge is 2.23. The van der Waals surface area contributed by atoms with Gasteiger partial charge in [0, 0.05) is 25.4 Å². The van der Waals surface area contributed by atoms with Crippen LogP contribution in [-0.2, 0) is 38.2 Å². The van der Waals surface area contributed by atoms with Gasteiger partial charge in [-0.2, -0.15) is 0 Å². The Balaban J connectivity index is 4.69. The van der Waals surface area contributed by atoms with Gasteiger partial charge in [0.1, 0.15) is 25.2 Å². The van der Waals surface area contributed by atoms with Crippen molar-refractivity contribution in [1.29, 1.82) is 0 Å². The largest absolute Gasteiger partial charge is 0.465 e. The van der Waals surface area contributed by atoms with E-state index in [1.165, 1.54) is 35.4 Å². The van der Waals surface area contributed by atoms with Gasteiger partial charge in [0.25, 0.3) is 0 Å². The molecule has 0 heterocycles. The van der Waals surface area contributed by atoms with Gasteiger partial charge in [-0.15, -0.1) is 0 Å². The minimum atomic E-state index is -0.920. The van der Waals surface area contributed by atoms with Crippen molar-refractivity contribution < 1.29 is 38.2 Å². The van der Waals surface area contributed by atoms with E-state index in [0.29, 0.717) is 0 Å². The first-order valence-electron chi connectivity index (χ1n) is 9.75. The Morgan fingerprint density at radius 1 is 0.688 bits per heavy atom. The Labute approximate surface area is 194 Å². The van der Waals surface area contributed by atoms with E-state index in [-0.39, 0.29) is 37.8 Å². The first-order valence-corrected chi connectivity index (χ1v) is 12.2. The highest BCUT2D eigenvalue weighted by Crippen LogP contribution is 2.23. The maximum Gasteiger partial charge on any atom is 0.325 e. The van der Waals surface area contributed by atoms with Crippen LogP contribution in [0, 0.1) is 0 Å². The van der Waals surface area contributed by atoms with Gasteiger partial charge in [-0.05, 0) is 13.8 Å². The van der Waals surface area contributed by atoms with Gasteiger partial charge < -0.3 is 30.7 Å². The second-order valence-electron chi connectivity index (χ2n) is 6.12. The van der Waals surface area contributed by atoms with E-state index < -0.39 is 47.7 Å². The molecule has 0 aliphatic rings. The van der Waals surface area contributed by atoms with Gasteiger partial charge >= 0.3 is 11.9 Å². The van der Waals surface area contributed by atoms with E-state index in [4.69, 9.17) is 9.47 Å². The van der Waals surface area contributed by atoms with Gasteiger partial charge in [-0.25, -0.2) is 0 Å². The van der Waals surface area contributed by atoms with Crippen molar-refractivity contribution >= 4 is 57.2 Å². The minimum Gasteiger partial charge on any atom is -0.465 e. The summed E-state index contributed by atoms with van der Waals surface area (Å²) in [6.07, 6.45) is 0. The second kappa shape index (κ2) is 17.1. The lowest BCUT2D eigenvalue weighted by Crippen LogP contribution is -2.49. The molecule has 0 saturated heterocycles. The third-order valence-corrected chi connectivity index (χ3v) is 5.79. The van der Waals surface area contributed by atoms with E-state index >= 15 is 0 Å². The van der Waals surface area contributed by atoms with E-state index in [1.807, 2.05) is 0 Å². The van der Waals surface area contributed by atoms with E-state index in [2.05, 4.69) is 21.3 Å². The minimum absolute atomic E-state index is 0.135. The smallest absolute Gasteiger partial charge is 0.325 e. The SMILES string of the molecule is CCOC(=O)CNC(=O)[C@H](CSSC[C@H](NC(C)=O)C(=O)NCC(=O)OCC)NC(C)=O. The van der Waals surface area contributed by atoms with Crippen LogP contribution in [0.15, 0.2) is 0 Å². The van der Waals surface area contributed by atoms with Crippen molar-refractivity contribution in [2.75, 3.05) is 37.8 Å². The molecule has 14 heteroatoms. The van der Waals surface area contributed by atoms with Crippen LogP contribution in [0.25, 0.3) is 0 Å². The van der Waals surface area contributed by atoms with Gasteiger partial charge in [-0.3, -0.25) is 28.8 Å². The van der Waals surface area contributed by atoms with Crippen LogP contribution in [0.4, 0.5) is 0 Å². The number of carbonyl (C=O) groups excluding carboxylic acids is 6. The summed E-state index contributed by atoms with van der Waals surface area (Å²) < 4.78 is 9.46. The molecule has 0 aromatic carbocycles. The molecule has 0 saturated carbocycles. The average molecular weight is 495 g/mol. The summed E-state index contributed by atoms with van der Waals surface area (Å²) in [5, 5.41) is 9.75. The number of hydrogen-bond acceptors (Lipinski definition) is 10. The molecule has 2 atom stereocenters. The maximum absolute atomic E-state index is 12.3. The second-order valence-corrected chi connectivity index (χ2v) is 8.67. The van der Waals surface area contributed by atoms with Crippen LogP contribution in [0.5, 0.6) is 0 Å². The number of amides is 4. The molecule has 0 aromatic heterocycles. The normalized spacial score (nSPS) is 12.0. The molecule has 0 unspecified atom stereocenters. The number of rotatable bonds is 15. The Morgan fingerprint density at radius 2 is 1.03 bits per heavy atom. The molecule has 0 fully saturated rings. The summed E-state index contributed by atoms with van der Waals surface area (Å²) in [6.45, 7) is 5.49. The summed E-state index contributed by atoms with van der Waals surface area (Å²) in [7, 11) is 2.37. The summed E-state index contributed by atoms with van der Waals surface area (Å²) >= 11 is 0. The molecule has 0 aliphatic carbocycles. The Bertz CT molecular complexity index is 621. The van der Waals surface area contributed by atoms with Gasteiger partial charge in [0.2, 0.25) is 23.6 Å². The molecule has 0 aliphatic heterocycles. The van der Waals surface area contributed by atoms with Gasteiger partial charge in [0.15, 0.2) is 0 Å². The fourth-order valence-corrected chi connectivity index (χ4v) is 4.41. The first kappa shape index (κ1) is 29.5. The topological polar surface area (TPSA) is 169 Å². The van der Waals surface area contributed by atoms with E-state index in [1.54, 1.807) is 13.8 Å².